The van der Waals surface area contributed by atoms with Gasteiger partial charge in [-0.3, -0.25) is 4.79 Å². The van der Waals surface area contributed by atoms with Gasteiger partial charge in [0.1, 0.15) is 5.82 Å². The van der Waals surface area contributed by atoms with Crippen LogP contribution < -0.4 is 5.32 Å². The van der Waals surface area contributed by atoms with Crippen LogP contribution in [-0.4, -0.2) is 16.6 Å². The molecule has 1 atom stereocenters. The number of hydrogen-bond donors (Lipinski definition) is 1. The van der Waals surface area contributed by atoms with Crippen molar-refractivity contribution in [2.45, 2.75) is 39.0 Å². The molecule has 6 heteroatoms. The lowest BCUT2D eigenvalue weighted by Gasteiger charge is -2.12. The molecule has 23 heavy (non-hydrogen) atoms. The van der Waals surface area contributed by atoms with E-state index in [9.17, 15) is 9.18 Å². The Hall–Kier alpha value is -1.40. The van der Waals surface area contributed by atoms with Gasteiger partial charge in [0.05, 0.1) is 16.7 Å². The fourth-order valence-corrected chi connectivity index (χ4v) is 4.08. The molecule has 0 aliphatic rings. The summed E-state index contributed by atoms with van der Waals surface area (Å²) in [7, 11) is 0. The molecule has 0 aliphatic heterocycles. The Labute approximate surface area is 144 Å². The summed E-state index contributed by atoms with van der Waals surface area (Å²) in [4.78, 5) is 17.6. The second-order valence-corrected chi connectivity index (χ2v) is 7.91. The lowest BCUT2D eigenvalue weighted by molar-refractivity contribution is -0.121. The topological polar surface area (TPSA) is 42.0 Å². The van der Waals surface area contributed by atoms with Gasteiger partial charge in [-0.2, -0.15) is 11.8 Å². The largest absolute Gasteiger partial charge is 0.348 e. The van der Waals surface area contributed by atoms with Crippen molar-refractivity contribution in [3.05, 3.63) is 51.2 Å². The molecule has 0 fully saturated rings. The molecule has 0 radical (unpaired) electrons. The first-order valence-corrected chi connectivity index (χ1v) is 9.48. The highest BCUT2D eigenvalue weighted by Crippen LogP contribution is 2.22. The molecule has 1 aromatic heterocycles. The molecule has 124 valence electrons. The van der Waals surface area contributed by atoms with Gasteiger partial charge < -0.3 is 5.32 Å². The van der Waals surface area contributed by atoms with Crippen molar-refractivity contribution in [1.82, 2.24) is 10.3 Å². The molecule has 2 rings (SSSR count). The Balaban J connectivity index is 1.70. The maximum absolute atomic E-state index is 12.8. The number of hydrogen-bond acceptors (Lipinski definition) is 4. The van der Waals surface area contributed by atoms with Crippen LogP contribution in [0.15, 0.2) is 24.3 Å². The zero-order valence-electron chi connectivity index (χ0n) is 13.6. The molecule has 0 spiro atoms. The summed E-state index contributed by atoms with van der Waals surface area (Å²) in [5.74, 6) is 1.34. The minimum absolute atomic E-state index is 0.0363. The predicted octanol–water partition coefficient (Wildman–Crippen LogP) is 4.40. The number of carbonyl (C=O) groups excluding carboxylic acids is 1. The monoisotopic (exact) mass is 352 g/mol. The molecule has 1 amide bonds. The van der Waals surface area contributed by atoms with Crippen LogP contribution in [0.1, 0.15) is 40.5 Å². The molecule has 1 N–H and O–H groups in total. The SMILES string of the molecule is Cc1nc([C@@H](C)NC(=O)CCSCc2ccc(F)cc2)c(C)s1. The van der Waals surface area contributed by atoms with Crippen molar-refractivity contribution in [2.75, 3.05) is 5.75 Å². The maximum Gasteiger partial charge on any atom is 0.221 e. The average molecular weight is 352 g/mol. The Morgan fingerprint density at radius 3 is 2.65 bits per heavy atom. The van der Waals surface area contributed by atoms with E-state index in [1.165, 1.54) is 12.1 Å². The Morgan fingerprint density at radius 2 is 2.04 bits per heavy atom. The summed E-state index contributed by atoms with van der Waals surface area (Å²) < 4.78 is 12.8. The second-order valence-electron chi connectivity index (χ2n) is 5.39. The Bertz CT molecular complexity index is 655. The molecule has 0 unspecified atom stereocenters. The second kappa shape index (κ2) is 8.45. The normalized spacial score (nSPS) is 12.2. The zero-order chi connectivity index (χ0) is 16.8. The van der Waals surface area contributed by atoms with E-state index in [1.807, 2.05) is 20.8 Å². The number of carbonyl (C=O) groups is 1. The van der Waals surface area contributed by atoms with Gasteiger partial charge in [0.15, 0.2) is 0 Å². The molecule has 1 heterocycles. The molecule has 1 aromatic carbocycles. The number of thioether (sulfide) groups is 1. The van der Waals surface area contributed by atoms with E-state index in [0.717, 1.165) is 32.6 Å². The molecule has 2 aromatic rings. The van der Waals surface area contributed by atoms with Crippen molar-refractivity contribution in [1.29, 1.82) is 0 Å². The van der Waals surface area contributed by atoms with Crippen LogP contribution in [0.3, 0.4) is 0 Å². The molecule has 0 aliphatic carbocycles. The smallest absolute Gasteiger partial charge is 0.221 e. The van der Waals surface area contributed by atoms with Gasteiger partial charge >= 0.3 is 0 Å². The van der Waals surface area contributed by atoms with Crippen LogP contribution in [0.5, 0.6) is 0 Å². The van der Waals surface area contributed by atoms with E-state index in [1.54, 1.807) is 35.2 Å². The third-order valence-corrected chi connectivity index (χ3v) is 5.31. The lowest BCUT2D eigenvalue weighted by atomic mass is 10.2. The summed E-state index contributed by atoms with van der Waals surface area (Å²) in [6.45, 7) is 5.97. The van der Waals surface area contributed by atoms with E-state index in [2.05, 4.69) is 10.3 Å². The fourth-order valence-electron chi connectivity index (χ4n) is 2.26. The summed E-state index contributed by atoms with van der Waals surface area (Å²) in [5.41, 5.74) is 2.03. The van der Waals surface area contributed by atoms with Crippen LogP contribution >= 0.6 is 23.1 Å². The van der Waals surface area contributed by atoms with Crippen molar-refractivity contribution in [3.63, 3.8) is 0 Å². The van der Waals surface area contributed by atoms with Crippen molar-refractivity contribution < 1.29 is 9.18 Å². The predicted molar refractivity (Wildman–Crippen MR) is 95.3 cm³/mol. The van der Waals surface area contributed by atoms with Crippen LogP contribution in [0.4, 0.5) is 4.39 Å². The number of rotatable bonds is 7. The number of aromatic nitrogens is 1. The summed E-state index contributed by atoms with van der Waals surface area (Å²) in [6, 6.07) is 6.41. The van der Waals surface area contributed by atoms with Crippen LogP contribution in [0, 0.1) is 19.7 Å². The van der Waals surface area contributed by atoms with Gasteiger partial charge in [-0.25, -0.2) is 9.37 Å². The number of halogens is 1. The highest BCUT2D eigenvalue weighted by molar-refractivity contribution is 7.98. The lowest BCUT2D eigenvalue weighted by Crippen LogP contribution is -2.27. The van der Waals surface area contributed by atoms with Gasteiger partial charge in [0.25, 0.3) is 0 Å². The number of nitrogens with one attached hydrogen (secondary N) is 1. The van der Waals surface area contributed by atoms with Gasteiger partial charge in [-0.05, 0) is 38.5 Å². The van der Waals surface area contributed by atoms with E-state index >= 15 is 0 Å². The van der Waals surface area contributed by atoms with Gasteiger partial charge in [-0.1, -0.05) is 12.1 Å². The Morgan fingerprint density at radius 1 is 1.35 bits per heavy atom. The minimum Gasteiger partial charge on any atom is -0.348 e. The Kier molecular flexibility index (Phi) is 6.59. The molecule has 3 nitrogen and oxygen atoms in total. The minimum atomic E-state index is -0.223. The number of nitrogens with zero attached hydrogens (tertiary/aromatic N) is 1. The first kappa shape index (κ1) is 17.9. The van der Waals surface area contributed by atoms with Crippen molar-refractivity contribution >= 4 is 29.0 Å². The fraction of sp³-hybridized carbons (Fsp3) is 0.412. The molecular formula is C17H21FN2OS2. The van der Waals surface area contributed by atoms with Gasteiger partial charge in [0.2, 0.25) is 5.91 Å². The third kappa shape index (κ3) is 5.62. The summed E-state index contributed by atoms with van der Waals surface area (Å²) in [6.07, 6.45) is 0.471. The summed E-state index contributed by atoms with van der Waals surface area (Å²) >= 11 is 3.33. The standard InChI is InChI=1S/C17H21FN2OS2/c1-11(17-12(2)23-13(3)20-17)19-16(21)8-9-22-10-14-4-6-15(18)7-5-14/h4-7,11H,8-10H2,1-3H3,(H,19,21)/t11-/m1/s1. The average Bonchev–Trinajstić information content (AvgIpc) is 2.84. The van der Waals surface area contributed by atoms with Crippen LogP contribution in [0.2, 0.25) is 0 Å². The molecule has 0 saturated heterocycles. The van der Waals surface area contributed by atoms with E-state index in [0.29, 0.717) is 6.42 Å². The first-order valence-electron chi connectivity index (χ1n) is 7.51. The summed E-state index contributed by atoms with van der Waals surface area (Å²) in [5, 5.41) is 4.02. The maximum atomic E-state index is 12.8. The number of amides is 1. The van der Waals surface area contributed by atoms with Crippen LogP contribution in [0.25, 0.3) is 0 Å². The first-order chi connectivity index (χ1) is 11.0. The van der Waals surface area contributed by atoms with Crippen LogP contribution in [-0.2, 0) is 10.5 Å². The molecular weight excluding hydrogens is 331 g/mol. The molecule has 0 bridgehead atoms. The van der Waals surface area contributed by atoms with E-state index in [4.69, 9.17) is 0 Å². The van der Waals surface area contributed by atoms with Crippen molar-refractivity contribution in [3.8, 4) is 0 Å². The number of aryl methyl sites for hydroxylation is 2. The van der Waals surface area contributed by atoms with Crippen molar-refractivity contribution in [2.24, 2.45) is 0 Å². The zero-order valence-corrected chi connectivity index (χ0v) is 15.2. The quantitative estimate of drug-likeness (QED) is 0.751. The third-order valence-electron chi connectivity index (χ3n) is 3.38. The highest BCUT2D eigenvalue weighted by atomic mass is 32.2. The van der Waals surface area contributed by atoms with E-state index < -0.39 is 0 Å². The molecule has 0 saturated carbocycles. The number of thiazole rings is 1. The number of benzene rings is 1. The van der Waals surface area contributed by atoms with Gasteiger partial charge in [0, 0.05) is 22.8 Å². The highest BCUT2D eigenvalue weighted by Gasteiger charge is 2.15. The van der Waals surface area contributed by atoms with E-state index in [-0.39, 0.29) is 17.8 Å². The van der Waals surface area contributed by atoms with Gasteiger partial charge in [-0.15, -0.1) is 11.3 Å².